The van der Waals surface area contributed by atoms with E-state index < -0.39 is 15.6 Å². The van der Waals surface area contributed by atoms with E-state index in [4.69, 9.17) is 23.2 Å². The lowest BCUT2D eigenvalue weighted by Crippen LogP contribution is -2.40. The first-order chi connectivity index (χ1) is 15.3. The Morgan fingerprint density at radius 3 is 2.22 bits per heavy atom. The maximum absolute atomic E-state index is 13.1. The molecule has 0 atom stereocenters. The van der Waals surface area contributed by atoms with Crippen LogP contribution in [0.15, 0.2) is 70.5 Å². The van der Waals surface area contributed by atoms with Gasteiger partial charge in [0.05, 0.1) is 21.8 Å². The molecule has 0 aliphatic carbocycles. The average molecular weight is 492 g/mol. The molecule has 10 heteroatoms. The number of carbonyl (C=O) groups is 1. The quantitative estimate of drug-likeness (QED) is 0.506. The van der Waals surface area contributed by atoms with E-state index in [9.17, 15) is 18.0 Å². The molecular weight excluding hydrogens is 473 g/mol. The molecule has 2 heterocycles. The smallest absolute Gasteiger partial charge is 0.291 e. The van der Waals surface area contributed by atoms with Crippen LogP contribution in [0.3, 0.4) is 0 Å². The number of ketones is 1. The predicted octanol–water partition coefficient (Wildman–Crippen LogP) is 3.82. The predicted molar refractivity (Wildman–Crippen MR) is 122 cm³/mol. The molecule has 1 aliphatic heterocycles. The largest absolute Gasteiger partial charge is 0.294 e. The number of benzene rings is 2. The number of hydrogen-bond donors (Lipinski definition) is 0. The van der Waals surface area contributed by atoms with Crippen molar-refractivity contribution in [3.05, 3.63) is 86.8 Å². The van der Waals surface area contributed by atoms with Crippen LogP contribution in [0, 0.1) is 5.92 Å². The van der Waals surface area contributed by atoms with Crippen LogP contribution < -0.4 is 5.56 Å². The van der Waals surface area contributed by atoms with Gasteiger partial charge < -0.3 is 0 Å². The zero-order valence-electron chi connectivity index (χ0n) is 16.8. The summed E-state index contributed by atoms with van der Waals surface area (Å²) < 4.78 is 28.6. The molecule has 0 bridgehead atoms. The normalized spacial score (nSPS) is 15.6. The van der Waals surface area contributed by atoms with Crippen LogP contribution in [-0.2, 0) is 10.0 Å². The number of rotatable bonds is 5. The van der Waals surface area contributed by atoms with E-state index in [2.05, 4.69) is 5.10 Å². The van der Waals surface area contributed by atoms with Gasteiger partial charge in [0.1, 0.15) is 5.02 Å². The average Bonchev–Trinajstić information content (AvgIpc) is 2.83. The minimum absolute atomic E-state index is 0.0428. The molecule has 0 spiro atoms. The SMILES string of the molecule is O=C(c1ccccc1)C1CCN(S(=O)(=O)c2ccc(-n3ncc(Cl)c(Cl)c3=O)cc2)CC1. The van der Waals surface area contributed by atoms with Gasteiger partial charge in [0, 0.05) is 24.6 Å². The Labute approximate surface area is 195 Å². The Bertz CT molecular complexity index is 1300. The molecule has 0 radical (unpaired) electrons. The molecule has 1 aromatic heterocycles. The van der Waals surface area contributed by atoms with Crippen molar-refractivity contribution in [3.63, 3.8) is 0 Å². The Morgan fingerprint density at radius 1 is 0.969 bits per heavy atom. The summed E-state index contributed by atoms with van der Waals surface area (Å²) in [6.45, 7) is 0.530. The summed E-state index contributed by atoms with van der Waals surface area (Å²) in [5.74, 6) is -0.148. The molecule has 7 nitrogen and oxygen atoms in total. The summed E-state index contributed by atoms with van der Waals surface area (Å²) in [5, 5.41) is 3.82. The highest BCUT2D eigenvalue weighted by Gasteiger charge is 2.32. The number of hydrogen-bond acceptors (Lipinski definition) is 5. The van der Waals surface area contributed by atoms with Gasteiger partial charge in [0.15, 0.2) is 5.78 Å². The molecule has 1 saturated heterocycles. The second-order valence-corrected chi connectivity index (χ2v) is 10.1. The second-order valence-electron chi connectivity index (χ2n) is 7.43. The number of sulfonamides is 1. The Kier molecular flexibility index (Phi) is 6.48. The summed E-state index contributed by atoms with van der Waals surface area (Å²) in [5.41, 5.74) is 0.412. The van der Waals surface area contributed by atoms with Gasteiger partial charge in [-0.15, -0.1) is 0 Å². The van der Waals surface area contributed by atoms with Crippen LogP contribution in [0.25, 0.3) is 5.69 Å². The van der Waals surface area contributed by atoms with Crippen LogP contribution in [0.1, 0.15) is 23.2 Å². The van der Waals surface area contributed by atoms with Gasteiger partial charge in [-0.2, -0.15) is 14.1 Å². The lowest BCUT2D eigenvalue weighted by Gasteiger charge is -2.30. The van der Waals surface area contributed by atoms with E-state index >= 15 is 0 Å². The van der Waals surface area contributed by atoms with E-state index in [0.29, 0.717) is 24.1 Å². The Hall–Kier alpha value is -2.52. The minimum Gasteiger partial charge on any atom is -0.294 e. The highest BCUT2D eigenvalue weighted by Crippen LogP contribution is 2.27. The van der Waals surface area contributed by atoms with Gasteiger partial charge in [-0.3, -0.25) is 9.59 Å². The van der Waals surface area contributed by atoms with Crippen molar-refractivity contribution in [2.24, 2.45) is 5.92 Å². The van der Waals surface area contributed by atoms with Crippen molar-refractivity contribution in [3.8, 4) is 5.69 Å². The molecule has 1 aliphatic rings. The fraction of sp³-hybridized carbons (Fsp3) is 0.227. The van der Waals surface area contributed by atoms with E-state index in [1.165, 1.54) is 34.8 Å². The Morgan fingerprint density at radius 2 is 1.59 bits per heavy atom. The van der Waals surface area contributed by atoms with Crippen LogP contribution in [0.2, 0.25) is 10.0 Å². The van der Waals surface area contributed by atoms with Crippen LogP contribution in [0.5, 0.6) is 0 Å². The topological polar surface area (TPSA) is 89.3 Å². The Balaban J connectivity index is 1.48. The molecule has 0 unspecified atom stereocenters. The third-order valence-corrected chi connectivity index (χ3v) is 8.14. The number of carbonyl (C=O) groups excluding carboxylic acids is 1. The molecule has 2 aromatic carbocycles. The maximum atomic E-state index is 13.1. The van der Waals surface area contributed by atoms with Crippen molar-refractivity contribution in [2.45, 2.75) is 17.7 Å². The highest BCUT2D eigenvalue weighted by molar-refractivity contribution is 7.89. The standard InChI is InChI=1S/C22H19Cl2N3O4S/c23-19-14-25-27(22(29)20(19)24)17-6-8-18(9-7-17)32(30,31)26-12-10-16(11-13-26)21(28)15-4-2-1-3-5-15/h1-9,14,16H,10-13H2. The zero-order chi connectivity index (χ0) is 22.9. The number of Topliss-reactive ketones (excluding diaryl/α,β-unsaturated/α-hetero) is 1. The lowest BCUT2D eigenvalue weighted by atomic mass is 9.90. The van der Waals surface area contributed by atoms with Crippen molar-refractivity contribution in [2.75, 3.05) is 13.1 Å². The summed E-state index contributed by atoms with van der Waals surface area (Å²) in [4.78, 5) is 25.0. The fourth-order valence-electron chi connectivity index (χ4n) is 3.70. The van der Waals surface area contributed by atoms with Crippen molar-refractivity contribution >= 4 is 39.0 Å². The lowest BCUT2D eigenvalue weighted by molar-refractivity contribution is 0.0875. The summed E-state index contributed by atoms with van der Waals surface area (Å²) >= 11 is 11.7. The molecule has 0 N–H and O–H groups in total. The van der Waals surface area contributed by atoms with Crippen molar-refractivity contribution in [1.29, 1.82) is 0 Å². The molecular formula is C22H19Cl2N3O4S. The number of halogens is 2. The fourth-order valence-corrected chi connectivity index (χ4v) is 5.42. The summed E-state index contributed by atoms with van der Waals surface area (Å²) in [7, 11) is -3.73. The highest BCUT2D eigenvalue weighted by atomic mass is 35.5. The zero-order valence-corrected chi connectivity index (χ0v) is 19.1. The molecule has 166 valence electrons. The summed E-state index contributed by atoms with van der Waals surface area (Å²) in [6, 6.07) is 14.9. The van der Waals surface area contributed by atoms with E-state index in [1.54, 1.807) is 12.1 Å². The van der Waals surface area contributed by atoms with Gasteiger partial charge in [-0.05, 0) is 37.1 Å². The van der Waals surface area contributed by atoms with Gasteiger partial charge >= 0.3 is 0 Å². The molecule has 32 heavy (non-hydrogen) atoms. The molecule has 4 rings (SSSR count). The van der Waals surface area contributed by atoms with E-state index in [1.807, 2.05) is 18.2 Å². The van der Waals surface area contributed by atoms with Crippen molar-refractivity contribution < 1.29 is 13.2 Å². The van der Waals surface area contributed by atoms with Gasteiger partial charge in [0.2, 0.25) is 10.0 Å². The van der Waals surface area contributed by atoms with E-state index in [-0.39, 0.29) is 39.7 Å². The number of nitrogens with zero attached hydrogens (tertiary/aromatic N) is 3. The molecule has 1 fully saturated rings. The van der Waals surface area contributed by atoms with Gasteiger partial charge in [-0.25, -0.2) is 8.42 Å². The van der Waals surface area contributed by atoms with Gasteiger partial charge in [0.25, 0.3) is 5.56 Å². The third kappa shape index (κ3) is 4.36. The number of piperidine rings is 1. The second kappa shape index (κ2) is 9.15. The van der Waals surface area contributed by atoms with Crippen LogP contribution in [-0.4, -0.2) is 41.4 Å². The maximum Gasteiger partial charge on any atom is 0.291 e. The first-order valence-electron chi connectivity index (χ1n) is 9.92. The molecule has 3 aromatic rings. The first-order valence-corrected chi connectivity index (χ1v) is 12.1. The van der Waals surface area contributed by atoms with Gasteiger partial charge in [-0.1, -0.05) is 53.5 Å². The number of aromatic nitrogens is 2. The monoisotopic (exact) mass is 491 g/mol. The third-order valence-electron chi connectivity index (χ3n) is 5.48. The van der Waals surface area contributed by atoms with Crippen LogP contribution >= 0.6 is 23.2 Å². The molecule has 0 saturated carbocycles. The first kappa shape index (κ1) is 22.7. The van der Waals surface area contributed by atoms with Crippen molar-refractivity contribution in [1.82, 2.24) is 14.1 Å². The van der Waals surface area contributed by atoms with Crippen LogP contribution in [0.4, 0.5) is 0 Å². The summed E-state index contributed by atoms with van der Waals surface area (Å²) in [6.07, 6.45) is 2.18. The minimum atomic E-state index is -3.73. The molecule has 0 amide bonds. The van der Waals surface area contributed by atoms with E-state index in [0.717, 1.165) is 4.68 Å².